The first-order valence-corrected chi connectivity index (χ1v) is 9.34. The molecule has 2 fully saturated rings. The second kappa shape index (κ2) is 8.02. The summed E-state index contributed by atoms with van der Waals surface area (Å²) in [6, 6.07) is 8.99. The zero-order valence-corrected chi connectivity index (χ0v) is 15.0. The molecule has 3 rings (SSSR count). The molecule has 132 valence electrons. The predicted molar refractivity (Wildman–Crippen MR) is 96.2 cm³/mol. The molecular weight excluding hydrogens is 300 g/mol. The number of benzene rings is 1. The number of methoxy groups -OCH3 is 1. The maximum atomic E-state index is 12.5. The summed E-state index contributed by atoms with van der Waals surface area (Å²) in [6.07, 6.45) is 6.64. The molecule has 4 heteroatoms. The van der Waals surface area contributed by atoms with Crippen molar-refractivity contribution in [2.75, 3.05) is 20.2 Å². The van der Waals surface area contributed by atoms with Gasteiger partial charge in [0.2, 0.25) is 5.91 Å². The number of ether oxygens (including phenoxy) is 1. The molecule has 1 amide bonds. The molecule has 1 aromatic rings. The lowest BCUT2D eigenvalue weighted by atomic mass is 10.0. The van der Waals surface area contributed by atoms with E-state index in [1.54, 1.807) is 7.11 Å². The minimum absolute atomic E-state index is 0.301. The third kappa shape index (κ3) is 4.10. The molecule has 2 atom stereocenters. The molecule has 1 aliphatic heterocycles. The van der Waals surface area contributed by atoms with Gasteiger partial charge >= 0.3 is 0 Å². The van der Waals surface area contributed by atoms with Gasteiger partial charge in [-0.25, -0.2) is 0 Å². The summed E-state index contributed by atoms with van der Waals surface area (Å²) >= 11 is 0. The Balaban J connectivity index is 1.49. The second-order valence-electron chi connectivity index (χ2n) is 7.33. The molecule has 1 aliphatic carbocycles. The zero-order valence-electron chi connectivity index (χ0n) is 15.0. The van der Waals surface area contributed by atoms with Crippen molar-refractivity contribution in [1.29, 1.82) is 0 Å². The van der Waals surface area contributed by atoms with E-state index in [0.717, 1.165) is 44.5 Å². The number of rotatable bonds is 6. The first kappa shape index (κ1) is 17.3. The third-order valence-corrected chi connectivity index (χ3v) is 5.44. The number of carbonyl (C=O) groups excluding carboxylic acids is 1. The van der Waals surface area contributed by atoms with Crippen LogP contribution < -0.4 is 10.1 Å². The first-order chi connectivity index (χ1) is 11.7. The first-order valence-electron chi connectivity index (χ1n) is 9.34. The number of likely N-dealkylation sites (tertiary alicyclic amines) is 1. The summed E-state index contributed by atoms with van der Waals surface area (Å²) in [6.45, 7) is 3.99. The molecule has 0 radical (unpaired) electrons. The van der Waals surface area contributed by atoms with Crippen molar-refractivity contribution < 1.29 is 9.53 Å². The highest BCUT2D eigenvalue weighted by molar-refractivity contribution is 5.79. The van der Waals surface area contributed by atoms with E-state index in [9.17, 15) is 4.79 Å². The quantitative estimate of drug-likeness (QED) is 0.872. The van der Waals surface area contributed by atoms with Gasteiger partial charge in [0.05, 0.1) is 7.11 Å². The molecule has 0 bridgehead atoms. The van der Waals surface area contributed by atoms with Gasteiger partial charge in [-0.15, -0.1) is 0 Å². The van der Waals surface area contributed by atoms with Gasteiger partial charge in [0.1, 0.15) is 5.75 Å². The average molecular weight is 330 g/mol. The van der Waals surface area contributed by atoms with Crippen LogP contribution in [0.2, 0.25) is 0 Å². The van der Waals surface area contributed by atoms with Gasteiger partial charge in [0, 0.05) is 31.1 Å². The fourth-order valence-corrected chi connectivity index (χ4v) is 4.19. The van der Waals surface area contributed by atoms with Crippen LogP contribution in [-0.4, -0.2) is 43.1 Å². The van der Waals surface area contributed by atoms with Crippen molar-refractivity contribution in [1.82, 2.24) is 10.2 Å². The fraction of sp³-hybridized carbons (Fsp3) is 0.650. The zero-order chi connectivity index (χ0) is 16.9. The van der Waals surface area contributed by atoms with Crippen molar-refractivity contribution in [3.05, 3.63) is 29.8 Å². The molecule has 0 aromatic heterocycles. The average Bonchev–Trinajstić information content (AvgIpc) is 3.26. The van der Waals surface area contributed by atoms with Gasteiger partial charge < -0.3 is 15.0 Å². The second-order valence-corrected chi connectivity index (χ2v) is 7.33. The number of amides is 1. The van der Waals surface area contributed by atoms with E-state index in [0.29, 0.717) is 23.9 Å². The number of para-hydroxylation sites is 1. The van der Waals surface area contributed by atoms with Crippen LogP contribution >= 0.6 is 0 Å². The summed E-state index contributed by atoms with van der Waals surface area (Å²) in [5.74, 6) is 1.65. The van der Waals surface area contributed by atoms with E-state index >= 15 is 0 Å². The van der Waals surface area contributed by atoms with Gasteiger partial charge in [-0.2, -0.15) is 0 Å². The summed E-state index contributed by atoms with van der Waals surface area (Å²) < 4.78 is 5.44. The van der Waals surface area contributed by atoms with E-state index in [-0.39, 0.29) is 0 Å². The molecule has 1 saturated heterocycles. The molecule has 0 spiro atoms. The Labute approximate surface area is 145 Å². The Morgan fingerprint density at radius 3 is 2.79 bits per heavy atom. The van der Waals surface area contributed by atoms with Gasteiger partial charge in [-0.1, -0.05) is 31.0 Å². The van der Waals surface area contributed by atoms with Crippen molar-refractivity contribution >= 4 is 5.91 Å². The summed E-state index contributed by atoms with van der Waals surface area (Å²) in [5, 5.41) is 3.70. The molecule has 24 heavy (non-hydrogen) atoms. The maximum absolute atomic E-state index is 12.5. The van der Waals surface area contributed by atoms with Crippen molar-refractivity contribution in [3.8, 4) is 5.75 Å². The van der Waals surface area contributed by atoms with E-state index in [1.165, 1.54) is 18.4 Å². The van der Waals surface area contributed by atoms with E-state index in [2.05, 4.69) is 29.3 Å². The van der Waals surface area contributed by atoms with Crippen LogP contribution in [0.1, 0.15) is 44.6 Å². The van der Waals surface area contributed by atoms with Gasteiger partial charge in [0.15, 0.2) is 0 Å². The normalized spacial score (nSPS) is 22.8. The Bertz CT molecular complexity index is 554. The maximum Gasteiger partial charge on any atom is 0.225 e. The third-order valence-electron chi connectivity index (χ3n) is 5.44. The lowest BCUT2D eigenvalue weighted by Gasteiger charge is -2.23. The lowest BCUT2D eigenvalue weighted by Crippen LogP contribution is -2.41. The molecular formula is C20H30N2O2. The van der Waals surface area contributed by atoms with Crippen LogP contribution in [0.15, 0.2) is 24.3 Å². The highest BCUT2D eigenvalue weighted by atomic mass is 16.5. The minimum atomic E-state index is 0.301. The van der Waals surface area contributed by atoms with Gasteiger partial charge in [0.25, 0.3) is 0 Å². The van der Waals surface area contributed by atoms with Crippen molar-refractivity contribution in [3.63, 3.8) is 0 Å². The Hall–Kier alpha value is -1.55. The largest absolute Gasteiger partial charge is 0.496 e. The molecule has 4 nitrogen and oxygen atoms in total. The van der Waals surface area contributed by atoms with E-state index < -0.39 is 0 Å². The van der Waals surface area contributed by atoms with E-state index in [4.69, 9.17) is 4.74 Å². The smallest absolute Gasteiger partial charge is 0.225 e. The fourth-order valence-electron chi connectivity index (χ4n) is 4.19. The Morgan fingerprint density at radius 1 is 1.29 bits per heavy atom. The lowest BCUT2D eigenvalue weighted by molar-refractivity contribution is -0.134. The molecule has 0 unspecified atom stereocenters. The number of nitrogens with one attached hydrogen (secondary N) is 1. The monoisotopic (exact) mass is 330 g/mol. The SMILES string of the molecule is COc1ccccc1C[C@H](C)N[C@H]1CCN(C(=O)C2CCCC2)C1. The Morgan fingerprint density at radius 2 is 2.04 bits per heavy atom. The van der Waals surface area contributed by atoms with Crippen LogP contribution in [0.25, 0.3) is 0 Å². The molecule has 1 heterocycles. The Kier molecular flexibility index (Phi) is 5.77. The van der Waals surface area contributed by atoms with Crippen molar-refractivity contribution in [2.45, 2.75) is 57.5 Å². The minimum Gasteiger partial charge on any atom is -0.496 e. The van der Waals surface area contributed by atoms with Crippen molar-refractivity contribution in [2.24, 2.45) is 5.92 Å². The van der Waals surface area contributed by atoms with Crippen LogP contribution in [0.5, 0.6) is 5.75 Å². The van der Waals surface area contributed by atoms with Gasteiger partial charge in [-0.3, -0.25) is 4.79 Å². The topological polar surface area (TPSA) is 41.6 Å². The van der Waals surface area contributed by atoms with Crippen LogP contribution in [0, 0.1) is 5.92 Å². The highest BCUT2D eigenvalue weighted by Crippen LogP contribution is 2.28. The summed E-state index contributed by atoms with van der Waals surface area (Å²) in [5.41, 5.74) is 1.23. The molecule has 1 N–H and O–H groups in total. The number of hydrogen-bond donors (Lipinski definition) is 1. The van der Waals surface area contributed by atoms with Crippen LogP contribution in [0.3, 0.4) is 0 Å². The molecule has 1 aromatic carbocycles. The number of hydrogen-bond acceptors (Lipinski definition) is 3. The molecule has 1 saturated carbocycles. The van der Waals surface area contributed by atoms with Crippen LogP contribution in [0.4, 0.5) is 0 Å². The van der Waals surface area contributed by atoms with E-state index in [1.807, 2.05) is 12.1 Å². The predicted octanol–water partition coefficient (Wildman–Crippen LogP) is 3.01. The number of carbonyl (C=O) groups is 1. The standard InChI is InChI=1S/C20H30N2O2/c1-15(13-17-9-5-6-10-19(17)24-2)21-18-11-12-22(14-18)20(23)16-7-3-4-8-16/h5-6,9-10,15-16,18,21H,3-4,7-8,11-14H2,1-2H3/t15-,18-/m0/s1. The summed E-state index contributed by atoms with van der Waals surface area (Å²) in [7, 11) is 1.72. The summed E-state index contributed by atoms with van der Waals surface area (Å²) in [4.78, 5) is 14.6. The van der Waals surface area contributed by atoms with Crippen LogP contribution in [-0.2, 0) is 11.2 Å². The van der Waals surface area contributed by atoms with Gasteiger partial charge in [-0.05, 0) is 44.2 Å². The molecule has 2 aliphatic rings. The number of nitrogens with zero attached hydrogens (tertiary/aromatic N) is 1. The highest BCUT2D eigenvalue weighted by Gasteiger charge is 2.32.